The third-order valence-corrected chi connectivity index (χ3v) is 3.58. The van der Waals surface area contributed by atoms with Crippen LogP contribution >= 0.6 is 15.9 Å². The lowest BCUT2D eigenvalue weighted by molar-refractivity contribution is -0.131. The van der Waals surface area contributed by atoms with Crippen molar-refractivity contribution in [1.82, 2.24) is 0 Å². The Morgan fingerprint density at radius 3 is 2.57 bits per heavy atom. The number of ether oxygens (including phenoxy) is 1. The van der Waals surface area contributed by atoms with Gasteiger partial charge in [0.15, 0.2) is 5.75 Å². The normalized spacial score (nSPS) is 10.3. The molecule has 7 heteroatoms. The van der Waals surface area contributed by atoms with E-state index in [1.54, 1.807) is 12.1 Å². The number of carbonyl (C=O) groups excluding carboxylic acids is 1. The molecule has 0 radical (unpaired) electrons. The Kier molecular flexibility index (Phi) is 4.90. The number of rotatable bonds is 4. The molecule has 0 heterocycles. The molecule has 2 rings (SSSR count). The van der Waals surface area contributed by atoms with E-state index in [2.05, 4.69) is 15.9 Å². The second-order valence-corrected chi connectivity index (χ2v) is 5.83. The van der Waals surface area contributed by atoms with E-state index in [-0.39, 0.29) is 29.2 Å². The van der Waals surface area contributed by atoms with Gasteiger partial charge in [0.2, 0.25) is 0 Å². The van der Waals surface area contributed by atoms with E-state index in [4.69, 9.17) is 10.5 Å². The summed E-state index contributed by atoms with van der Waals surface area (Å²) in [6.07, 6.45) is 0.274. The predicted molar refractivity (Wildman–Crippen MR) is 87.7 cm³/mol. The van der Waals surface area contributed by atoms with Gasteiger partial charge in [-0.15, -0.1) is 0 Å². The highest BCUT2D eigenvalue weighted by Gasteiger charge is 2.18. The zero-order valence-electron chi connectivity index (χ0n) is 12.2. The molecular formula is C16H14BrNO5. The average Bonchev–Trinajstić information content (AvgIpc) is 2.45. The van der Waals surface area contributed by atoms with E-state index in [0.717, 1.165) is 4.47 Å². The van der Waals surface area contributed by atoms with Gasteiger partial charge in [-0.25, -0.2) is 4.79 Å². The van der Waals surface area contributed by atoms with Gasteiger partial charge in [0.05, 0.1) is 5.69 Å². The number of phenols is 1. The first-order valence-corrected chi connectivity index (χ1v) is 7.38. The minimum absolute atomic E-state index is 0.0459. The Morgan fingerprint density at radius 2 is 1.96 bits per heavy atom. The SMILES string of the molecule is CC(=O)Oc1c(N)cc(Cc2cc(Br)ccc2O)cc1C(=O)O. The first-order valence-electron chi connectivity index (χ1n) is 6.59. The van der Waals surface area contributed by atoms with Crippen molar-refractivity contribution in [3.63, 3.8) is 0 Å². The summed E-state index contributed by atoms with van der Waals surface area (Å²) in [5.74, 6) is -2.00. The summed E-state index contributed by atoms with van der Waals surface area (Å²) in [7, 11) is 0. The van der Waals surface area contributed by atoms with E-state index in [1.807, 2.05) is 0 Å². The van der Waals surface area contributed by atoms with E-state index < -0.39 is 11.9 Å². The highest BCUT2D eigenvalue weighted by molar-refractivity contribution is 9.10. The number of benzene rings is 2. The summed E-state index contributed by atoms with van der Waals surface area (Å²) in [4.78, 5) is 22.5. The Morgan fingerprint density at radius 1 is 1.26 bits per heavy atom. The Bertz CT molecular complexity index is 788. The Labute approximate surface area is 140 Å². The topological polar surface area (TPSA) is 110 Å². The molecule has 0 spiro atoms. The molecule has 0 aliphatic heterocycles. The number of hydrogen-bond acceptors (Lipinski definition) is 5. The fourth-order valence-corrected chi connectivity index (χ4v) is 2.56. The number of nitrogen functional groups attached to an aromatic ring is 1. The van der Waals surface area contributed by atoms with Crippen molar-refractivity contribution in [3.8, 4) is 11.5 Å². The molecule has 0 aliphatic carbocycles. The Hall–Kier alpha value is -2.54. The van der Waals surface area contributed by atoms with Gasteiger partial charge in [-0.2, -0.15) is 0 Å². The van der Waals surface area contributed by atoms with Crippen LogP contribution in [0.3, 0.4) is 0 Å². The maximum atomic E-state index is 11.4. The summed E-state index contributed by atoms with van der Waals surface area (Å²) in [6.45, 7) is 1.17. The first-order chi connectivity index (χ1) is 10.8. The molecule has 2 aromatic carbocycles. The quantitative estimate of drug-likeness (QED) is 0.427. The molecule has 120 valence electrons. The van der Waals surface area contributed by atoms with Crippen LogP contribution in [-0.4, -0.2) is 22.2 Å². The predicted octanol–water partition coefficient (Wildman–Crippen LogP) is 2.95. The number of hydrogen-bond donors (Lipinski definition) is 3. The summed E-state index contributed by atoms with van der Waals surface area (Å²) in [5, 5.41) is 19.2. The number of phenolic OH excluding ortho intramolecular Hbond substituents is 1. The average molecular weight is 380 g/mol. The lowest BCUT2D eigenvalue weighted by Gasteiger charge is -2.12. The largest absolute Gasteiger partial charge is 0.508 e. The smallest absolute Gasteiger partial charge is 0.339 e. The number of aromatic hydroxyl groups is 1. The van der Waals surface area contributed by atoms with Crippen LogP contribution in [0.4, 0.5) is 5.69 Å². The van der Waals surface area contributed by atoms with Gasteiger partial charge in [-0.1, -0.05) is 15.9 Å². The van der Waals surface area contributed by atoms with Gasteiger partial charge >= 0.3 is 11.9 Å². The van der Waals surface area contributed by atoms with E-state index >= 15 is 0 Å². The van der Waals surface area contributed by atoms with Crippen molar-refractivity contribution >= 4 is 33.6 Å². The molecule has 4 N–H and O–H groups in total. The number of halogens is 1. The molecule has 0 saturated carbocycles. The fraction of sp³-hybridized carbons (Fsp3) is 0.125. The molecule has 0 fully saturated rings. The van der Waals surface area contributed by atoms with Crippen molar-refractivity contribution < 1.29 is 24.5 Å². The van der Waals surface area contributed by atoms with Crippen molar-refractivity contribution in [3.05, 3.63) is 51.5 Å². The number of carboxylic acid groups (broad SMARTS) is 1. The summed E-state index contributed by atoms with van der Waals surface area (Å²) in [5.41, 5.74) is 6.84. The number of anilines is 1. The molecule has 23 heavy (non-hydrogen) atoms. The summed E-state index contributed by atoms with van der Waals surface area (Å²) >= 11 is 3.31. The maximum Gasteiger partial charge on any atom is 0.339 e. The fourth-order valence-electron chi connectivity index (χ4n) is 2.15. The molecular weight excluding hydrogens is 366 g/mol. The van der Waals surface area contributed by atoms with Crippen LogP contribution in [0.15, 0.2) is 34.8 Å². The standard InChI is InChI=1S/C16H14BrNO5/c1-8(19)23-15-12(16(21)22)5-9(6-13(15)18)4-10-7-11(17)2-3-14(10)20/h2-3,5-7,20H,4,18H2,1H3,(H,21,22). The van der Waals surface area contributed by atoms with Gasteiger partial charge in [-0.3, -0.25) is 4.79 Å². The minimum Gasteiger partial charge on any atom is -0.508 e. The summed E-state index contributed by atoms with van der Waals surface area (Å²) < 4.78 is 5.67. The number of carboxylic acids is 1. The highest BCUT2D eigenvalue weighted by atomic mass is 79.9. The van der Waals surface area contributed by atoms with Crippen molar-refractivity contribution in [2.24, 2.45) is 0 Å². The molecule has 0 aromatic heterocycles. The van der Waals surface area contributed by atoms with Crippen LogP contribution < -0.4 is 10.5 Å². The number of carbonyl (C=O) groups is 2. The van der Waals surface area contributed by atoms with Gasteiger partial charge in [0.1, 0.15) is 11.3 Å². The third-order valence-electron chi connectivity index (χ3n) is 3.09. The first kappa shape index (κ1) is 16.8. The monoisotopic (exact) mass is 379 g/mol. The van der Waals surface area contributed by atoms with Crippen LogP contribution in [0.5, 0.6) is 11.5 Å². The van der Waals surface area contributed by atoms with E-state index in [9.17, 15) is 19.8 Å². The van der Waals surface area contributed by atoms with Gasteiger partial charge < -0.3 is 20.7 Å². The molecule has 0 unspecified atom stereocenters. The van der Waals surface area contributed by atoms with Gasteiger partial charge in [0.25, 0.3) is 0 Å². The second-order valence-electron chi connectivity index (χ2n) is 4.91. The van der Waals surface area contributed by atoms with Crippen LogP contribution in [0.1, 0.15) is 28.4 Å². The molecule has 2 aromatic rings. The maximum absolute atomic E-state index is 11.4. The number of nitrogens with two attached hydrogens (primary N) is 1. The number of esters is 1. The lowest BCUT2D eigenvalue weighted by Crippen LogP contribution is -2.10. The van der Waals surface area contributed by atoms with Gasteiger partial charge in [-0.05, 0) is 41.5 Å². The number of aromatic carboxylic acids is 1. The van der Waals surface area contributed by atoms with Crippen molar-refractivity contribution in [2.45, 2.75) is 13.3 Å². The molecule has 0 amide bonds. The van der Waals surface area contributed by atoms with Crippen LogP contribution in [0.25, 0.3) is 0 Å². The molecule has 0 bridgehead atoms. The lowest BCUT2D eigenvalue weighted by atomic mass is 10.0. The van der Waals surface area contributed by atoms with Crippen LogP contribution in [0.2, 0.25) is 0 Å². The molecule has 0 atom stereocenters. The summed E-state index contributed by atoms with van der Waals surface area (Å²) in [6, 6.07) is 7.85. The van der Waals surface area contributed by atoms with E-state index in [0.29, 0.717) is 11.1 Å². The van der Waals surface area contributed by atoms with Crippen molar-refractivity contribution in [1.29, 1.82) is 0 Å². The highest BCUT2D eigenvalue weighted by Crippen LogP contribution is 2.31. The van der Waals surface area contributed by atoms with Crippen molar-refractivity contribution in [2.75, 3.05) is 5.73 Å². The van der Waals surface area contributed by atoms with Crippen LogP contribution in [0, 0.1) is 0 Å². The van der Waals surface area contributed by atoms with Crippen LogP contribution in [-0.2, 0) is 11.2 Å². The minimum atomic E-state index is -1.26. The Balaban J connectivity index is 2.46. The third kappa shape index (κ3) is 4.01. The zero-order valence-corrected chi connectivity index (χ0v) is 13.8. The molecule has 0 saturated heterocycles. The second kappa shape index (κ2) is 6.70. The zero-order chi connectivity index (χ0) is 17.1. The molecule has 0 aliphatic rings. The van der Waals surface area contributed by atoms with Gasteiger partial charge in [0, 0.05) is 17.8 Å². The van der Waals surface area contributed by atoms with E-state index in [1.165, 1.54) is 25.1 Å². The molecule has 6 nitrogen and oxygen atoms in total.